The van der Waals surface area contributed by atoms with E-state index in [0.29, 0.717) is 6.04 Å². The average Bonchev–Trinajstić information content (AvgIpc) is 2.77. The zero-order valence-corrected chi connectivity index (χ0v) is 13.0. The second-order valence-electron chi connectivity index (χ2n) is 5.96. The molecule has 1 atom stereocenters. The first-order chi connectivity index (χ1) is 9.90. The van der Waals surface area contributed by atoms with E-state index >= 15 is 0 Å². The summed E-state index contributed by atoms with van der Waals surface area (Å²) in [7, 11) is 0. The minimum absolute atomic E-state index is 0.513. The van der Waals surface area contributed by atoms with Crippen molar-refractivity contribution >= 4 is 0 Å². The molecular formula is C18H30N2. The summed E-state index contributed by atoms with van der Waals surface area (Å²) >= 11 is 0. The third-order valence-corrected chi connectivity index (χ3v) is 4.28. The molecule has 1 N–H and O–H groups in total. The van der Waals surface area contributed by atoms with Gasteiger partial charge in [-0.15, -0.1) is 0 Å². The van der Waals surface area contributed by atoms with Crippen LogP contribution < -0.4 is 5.32 Å². The van der Waals surface area contributed by atoms with Gasteiger partial charge in [-0.1, -0.05) is 50.1 Å². The van der Waals surface area contributed by atoms with Crippen LogP contribution in [0, 0.1) is 0 Å². The summed E-state index contributed by atoms with van der Waals surface area (Å²) < 4.78 is 0. The molecule has 1 saturated heterocycles. The van der Waals surface area contributed by atoms with Crippen LogP contribution in [0.4, 0.5) is 0 Å². The normalized spacial score (nSPS) is 18.6. The van der Waals surface area contributed by atoms with Crippen molar-refractivity contribution in [2.24, 2.45) is 0 Å². The summed E-state index contributed by atoms with van der Waals surface area (Å²) in [5, 5.41) is 3.71. The van der Waals surface area contributed by atoms with E-state index in [-0.39, 0.29) is 0 Å². The molecule has 0 amide bonds. The Balaban J connectivity index is 1.86. The van der Waals surface area contributed by atoms with Crippen LogP contribution in [0.25, 0.3) is 0 Å². The summed E-state index contributed by atoms with van der Waals surface area (Å²) in [6, 6.07) is 11.4. The van der Waals surface area contributed by atoms with Gasteiger partial charge in [0.05, 0.1) is 0 Å². The highest BCUT2D eigenvalue weighted by molar-refractivity contribution is 5.18. The van der Waals surface area contributed by atoms with E-state index in [2.05, 4.69) is 47.5 Å². The molecule has 112 valence electrons. The molecule has 20 heavy (non-hydrogen) atoms. The molecule has 1 unspecified atom stereocenters. The van der Waals surface area contributed by atoms with Gasteiger partial charge in [0.1, 0.15) is 0 Å². The zero-order valence-electron chi connectivity index (χ0n) is 13.0. The van der Waals surface area contributed by atoms with Gasteiger partial charge in [-0.25, -0.2) is 0 Å². The Morgan fingerprint density at radius 2 is 1.75 bits per heavy atom. The SMILES string of the molecule is CCCNC(CCN1CCCCCC1)c1ccccc1. The van der Waals surface area contributed by atoms with Gasteiger partial charge in [0.15, 0.2) is 0 Å². The highest BCUT2D eigenvalue weighted by Gasteiger charge is 2.14. The Bertz CT molecular complexity index is 342. The molecule has 2 heteroatoms. The van der Waals surface area contributed by atoms with Gasteiger partial charge in [-0.05, 0) is 57.4 Å². The second-order valence-corrected chi connectivity index (χ2v) is 5.96. The highest BCUT2D eigenvalue weighted by atomic mass is 15.1. The van der Waals surface area contributed by atoms with E-state index < -0.39 is 0 Å². The molecule has 1 aliphatic heterocycles. The van der Waals surface area contributed by atoms with Gasteiger partial charge in [-0.2, -0.15) is 0 Å². The Kier molecular flexibility index (Phi) is 7.10. The lowest BCUT2D eigenvalue weighted by Gasteiger charge is -2.24. The lowest BCUT2D eigenvalue weighted by molar-refractivity contribution is 0.266. The predicted molar refractivity (Wildman–Crippen MR) is 87.0 cm³/mol. The topological polar surface area (TPSA) is 15.3 Å². The van der Waals surface area contributed by atoms with E-state index in [1.54, 1.807) is 0 Å². The fourth-order valence-corrected chi connectivity index (χ4v) is 3.06. The van der Waals surface area contributed by atoms with Crippen molar-refractivity contribution < 1.29 is 0 Å². The van der Waals surface area contributed by atoms with Crippen LogP contribution in [0.15, 0.2) is 30.3 Å². The van der Waals surface area contributed by atoms with Crippen molar-refractivity contribution in [3.05, 3.63) is 35.9 Å². The van der Waals surface area contributed by atoms with Gasteiger partial charge in [0.25, 0.3) is 0 Å². The standard InChI is InChI=1S/C18H30N2/c1-2-13-19-18(17-10-6-5-7-11-17)12-16-20-14-8-3-4-9-15-20/h5-7,10-11,18-19H,2-4,8-9,12-16H2,1H3. The molecule has 0 saturated carbocycles. The van der Waals surface area contributed by atoms with Gasteiger partial charge >= 0.3 is 0 Å². The number of hydrogen-bond donors (Lipinski definition) is 1. The van der Waals surface area contributed by atoms with Crippen molar-refractivity contribution in [2.45, 2.75) is 51.5 Å². The first kappa shape index (κ1) is 15.5. The number of hydrogen-bond acceptors (Lipinski definition) is 2. The number of nitrogens with zero attached hydrogens (tertiary/aromatic N) is 1. The Morgan fingerprint density at radius 3 is 2.40 bits per heavy atom. The number of rotatable bonds is 7. The maximum absolute atomic E-state index is 3.71. The third-order valence-electron chi connectivity index (χ3n) is 4.28. The fourth-order valence-electron chi connectivity index (χ4n) is 3.06. The van der Waals surface area contributed by atoms with E-state index in [1.165, 1.54) is 63.7 Å². The quantitative estimate of drug-likeness (QED) is 0.808. The zero-order chi connectivity index (χ0) is 14.0. The summed E-state index contributed by atoms with van der Waals surface area (Å²) in [6.45, 7) is 7.18. The first-order valence-corrected chi connectivity index (χ1v) is 8.41. The molecule has 0 aromatic heterocycles. The highest BCUT2D eigenvalue weighted by Crippen LogP contribution is 2.18. The van der Waals surface area contributed by atoms with Crippen molar-refractivity contribution in [2.75, 3.05) is 26.2 Å². The first-order valence-electron chi connectivity index (χ1n) is 8.41. The molecule has 0 radical (unpaired) electrons. The number of nitrogens with one attached hydrogen (secondary N) is 1. The molecule has 1 heterocycles. The smallest absolute Gasteiger partial charge is 0.0332 e. The Morgan fingerprint density at radius 1 is 1.05 bits per heavy atom. The average molecular weight is 274 g/mol. The molecule has 1 aliphatic rings. The minimum atomic E-state index is 0.513. The van der Waals surface area contributed by atoms with Crippen molar-refractivity contribution in [1.29, 1.82) is 0 Å². The van der Waals surface area contributed by atoms with Crippen LogP contribution in [0.1, 0.15) is 57.1 Å². The maximum Gasteiger partial charge on any atom is 0.0332 e. The van der Waals surface area contributed by atoms with Crippen molar-refractivity contribution in [3.8, 4) is 0 Å². The third kappa shape index (κ3) is 5.26. The van der Waals surface area contributed by atoms with Crippen molar-refractivity contribution in [1.82, 2.24) is 10.2 Å². The lowest BCUT2D eigenvalue weighted by atomic mass is 10.0. The van der Waals surface area contributed by atoms with Crippen LogP contribution in [-0.2, 0) is 0 Å². The number of benzene rings is 1. The maximum atomic E-state index is 3.71. The molecule has 2 rings (SSSR count). The molecule has 1 aromatic rings. The van der Waals surface area contributed by atoms with E-state index in [9.17, 15) is 0 Å². The summed E-state index contributed by atoms with van der Waals surface area (Å²) in [5.41, 5.74) is 1.44. The molecular weight excluding hydrogens is 244 g/mol. The lowest BCUT2D eigenvalue weighted by Crippen LogP contribution is -2.30. The monoisotopic (exact) mass is 274 g/mol. The molecule has 0 spiro atoms. The van der Waals surface area contributed by atoms with Crippen LogP contribution in [0.5, 0.6) is 0 Å². The molecule has 0 aliphatic carbocycles. The summed E-state index contributed by atoms with van der Waals surface area (Å²) in [5.74, 6) is 0. The minimum Gasteiger partial charge on any atom is -0.310 e. The molecule has 1 fully saturated rings. The van der Waals surface area contributed by atoms with Gasteiger partial charge in [0.2, 0.25) is 0 Å². The number of likely N-dealkylation sites (tertiary alicyclic amines) is 1. The van der Waals surface area contributed by atoms with Crippen LogP contribution in [0.2, 0.25) is 0 Å². The fraction of sp³-hybridized carbons (Fsp3) is 0.667. The van der Waals surface area contributed by atoms with Crippen LogP contribution in [0.3, 0.4) is 0 Å². The Hall–Kier alpha value is -0.860. The van der Waals surface area contributed by atoms with E-state index in [0.717, 1.165) is 6.54 Å². The predicted octanol–water partition coefficient (Wildman–Crippen LogP) is 3.99. The van der Waals surface area contributed by atoms with Crippen LogP contribution in [-0.4, -0.2) is 31.1 Å². The van der Waals surface area contributed by atoms with Crippen molar-refractivity contribution in [3.63, 3.8) is 0 Å². The molecule has 0 bridgehead atoms. The van der Waals surface area contributed by atoms with E-state index in [4.69, 9.17) is 0 Å². The van der Waals surface area contributed by atoms with Gasteiger partial charge in [0, 0.05) is 6.04 Å². The second kappa shape index (κ2) is 9.15. The molecule has 2 nitrogen and oxygen atoms in total. The molecule has 1 aromatic carbocycles. The van der Waals surface area contributed by atoms with Crippen LogP contribution >= 0.6 is 0 Å². The summed E-state index contributed by atoms with van der Waals surface area (Å²) in [4.78, 5) is 2.66. The van der Waals surface area contributed by atoms with Gasteiger partial charge < -0.3 is 10.2 Å². The Labute approximate surface area is 124 Å². The largest absolute Gasteiger partial charge is 0.310 e. The van der Waals surface area contributed by atoms with E-state index in [1.807, 2.05) is 0 Å². The van der Waals surface area contributed by atoms with Gasteiger partial charge in [-0.3, -0.25) is 0 Å². The summed E-state index contributed by atoms with van der Waals surface area (Å²) in [6.07, 6.45) is 8.05.